The summed E-state index contributed by atoms with van der Waals surface area (Å²) in [5.74, 6) is 1.13. The average molecular weight is 224 g/mol. The van der Waals surface area contributed by atoms with Gasteiger partial charge in [0.05, 0.1) is 19.8 Å². The van der Waals surface area contributed by atoms with Crippen molar-refractivity contribution >= 4 is 5.97 Å². The van der Waals surface area contributed by atoms with E-state index >= 15 is 0 Å². The minimum atomic E-state index is -0.422. The summed E-state index contributed by atoms with van der Waals surface area (Å²) in [6.45, 7) is 1.91. The molecule has 0 amide bonds. The van der Waals surface area contributed by atoms with Gasteiger partial charge >= 0.3 is 5.97 Å². The Hall–Kier alpha value is -1.91. The normalized spacial score (nSPS) is 12.4. The van der Waals surface area contributed by atoms with Gasteiger partial charge in [-0.3, -0.25) is 0 Å². The van der Waals surface area contributed by atoms with Gasteiger partial charge in [-0.15, -0.1) is 0 Å². The number of rotatable bonds is 2. The lowest BCUT2D eigenvalue weighted by Crippen LogP contribution is -2.05. The molecule has 1 heterocycles. The molecule has 5 nitrogen and oxygen atoms in total. The first-order valence-electron chi connectivity index (χ1n) is 4.74. The number of ether oxygens (including phenoxy) is 4. The number of methoxy groups -OCH3 is 2. The van der Waals surface area contributed by atoms with Crippen molar-refractivity contribution in [3.63, 3.8) is 0 Å². The molecular weight excluding hydrogens is 212 g/mol. The SMILES string of the molecule is COC(=O)c1cc2c(c(OC)c1C)OCO2. The zero-order valence-electron chi connectivity index (χ0n) is 9.33. The van der Waals surface area contributed by atoms with E-state index in [1.54, 1.807) is 13.0 Å². The molecular formula is C11H12O5. The monoisotopic (exact) mass is 224 g/mol. The number of carbonyl (C=O) groups excluding carboxylic acids is 1. The summed E-state index contributed by atoms with van der Waals surface area (Å²) >= 11 is 0. The van der Waals surface area contributed by atoms with Crippen molar-refractivity contribution in [3.05, 3.63) is 17.2 Å². The average Bonchev–Trinajstić information content (AvgIpc) is 2.75. The standard InChI is InChI=1S/C11H12O5/c1-6-7(11(12)14-3)4-8-10(9(6)13-2)16-5-15-8/h4H,5H2,1-3H3. The van der Waals surface area contributed by atoms with Crippen LogP contribution in [0.25, 0.3) is 0 Å². The number of carbonyl (C=O) groups is 1. The first-order valence-corrected chi connectivity index (χ1v) is 4.74. The number of hydrogen-bond acceptors (Lipinski definition) is 5. The minimum Gasteiger partial charge on any atom is -0.492 e. The molecule has 0 N–H and O–H groups in total. The molecule has 0 atom stereocenters. The van der Waals surface area contributed by atoms with Crippen molar-refractivity contribution in [2.75, 3.05) is 21.0 Å². The van der Waals surface area contributed by atoms with Crippen LogP contribution in [-0.4, -0.2) is 27.0 Å². The van der Waals surface area contributed by atoms with Gasteiger partial charge in [0.15, 0.2) is 11.5 Å². The number of esters is 1. The van der Waals surface area contributed by atoms with E-state index in [1.165, 1.54) is 14.2 Å². The van der Waals surface area contributed by atoms with Crippen molar-refractivity contribution in [3.8, 4) is 17.2 Å². The topological polar surface area (TPSA) is 54.0 Å². The molecule has 1 aromatic rings. The molecule has 2 rings (SSSR count). The molecule has 5 heteroatoms. The Morgan fingerprint density at radius 3 is 2.75 bits per heavy atom. The highest BCUT2D eigenvalue weighted by Crippen LogP contribution is 2.44. The number of fused-ring (bicyclic) bond motifs is 1. The van der Waals surface area contributed by atoms with Crippen LogP contribution in [0.4, 0.5) is 0 Å². The van der Waals surface area contributed by atoms with Crippen molar-refractivity contribution in [2.24, 2.45) is 0 Å². The van der Waals surface area contributed by atoms with Crippen LogP contribution in [-0.2, 0) is 4.74 Å². The van der Waals surface area contributed by atoms with Gasteiger partial charge < -0.3 is 18.9 Å². The molecule has 0 unspecified atom stereocenters. The summed E-state index contributed by atoms with van der Waals surface area (Å²) in [5, 5.41) is 0. The fourth-order valence-electron chi connectivity index (χ4n) is 1.67. The van der Waals surface area contributed by atoms with Gasteiger partial charge in [-0.25, -0.2) is 4.79 Å². The Kier molecular flexibility index (Phi) is 2.60. The molecule has 1 aliphatic heterocycles. The highest BCUT2D eigenvalue weighted by Gasteiger charge is 2.26. The van der Waals surface area contributed by atoms with Crippen LogP contribution in [0, 0.1) is 6.92 Å². The highest BCUT2D eigenvalue weighted by atomic mass is 16.7. The van der Waals surface area contributed by atoms with Gasteiger partial charge in [0.1, 0.15) is 0 Å². The van der Waals surface area contributed by atoms with Crippen LogP contribution < -0.4 is 14.2 Å². The van der Waals surface area contributed by atoms with E-state index in [-0.39, 0.29) is 6.79 Å². The summed E-state index contributed by atoms with van der Waals surface area (Å²) in [4.78, 5) is 11.5. The molecule has 0 radical (unpaired) electrons. The molecule has 1 aliphatic rings. The highest BCUT2D eigenvalue weighted by molar-refractivity contribution is 5.93. The fourth-order valence-corrected chi connectivity index (χ4v) is 1.67. The second-order valence-corrected chi connectivity index (χ2v) is 3.31. The number of benzene rings is 1. The predicted molar refractivity (Wildman–Crippen MR) is 55.2 cm³/mol. The van der Waals surface area contributed by atoms with E-state index in [0.29, 0.717) is 28.4 Å². The molecule has 0 saturated carbocycles. The van der Waals surface area contributed by atoms with Crippen molar-refractivity contribution in [2.45, 2.75) is 6.92 Å². The van der Waals surface area contributed by atoms with Crippen LogP contribution >= 0.6 is 0 Å². The van der Waals surface area contributed by atoms with Crippen LogP contribution in [0.5, 0.6) is 17.2 Å². The first kappa shape index (κ1) is 10.6. The van der Waals surface area contributed by atoms with E-state index in [0.717, 1.165) is 0 Å². The quantitative estimate of drug-likeness (QED) is 0.713. The molecule has 0 spiro atoms. The Bertz CT molecular complexity index is 438. The maximum atomic E-state index is 11.5. The fraction of sp³-hybridized carbons (Fsp3) is 0.364. The third-order valence-electron chi connectivity index (χ3n) is 2.48. The van der Waals surface area contributed by atoms with E-state index in [9.17, 15) is 4.79 Å². The van der Waals surface area contributed by atoms with Gasteiger partial charge in [0, 0.05) is 5.56 Å². The lowest BCUT2D eigenvalue weighted by atomic mass is 10.1. The number of hydrogen-bond donors (Lipinski definition) is 0. The van der Waals surface area contributed by atoms with E-state index < -0.39 is 5.97 Å². The van der Waals surface area contributed by atoms with Crippen LogP contribution in [0.2, 0.25) is 0 Å². The Balaban J connectivity index is 2.60. The summed E-state index contributed by atoms with van der Waals surface area (Å²) in [7, 11) is 2.85. The Labute approximate surface area is 92.9 Å². The summed E-state index contributed by atoms with van der Waals surface area (Å²) < 4.78 is 20.4. The van der Waals surface area contributed by atoms with E-state index in [2.05, 4.69) is 4.74 Å². The lowest BCUT2D eigenvalue weighted by Gasteiger charge is -2.11. The molecule has 0 aromatic heterocycles. The van der Waals surface area contributed by atoms with Crippen LogP contribution in [0.1, 0.15) is 15.9 Å². The summed E-state index contributed by atoms with van der Waals surface area (Å²) in [6, 6.07) is 1.60. The van der Waals surface area contributed by atoms with E-state index in [4.69, 9.17) is 14.2 Å². The molecule has 1 aromatic carbocycles. The maximum absolute atomic E-state index is 11.5. The molecule has 0 fully saturated rings. The lowest BCUT2D eigenvalue weighted by molar-refractivity contribution is 0.0599. The molecule has 16 heavy (non-hydrogen) atoms. The second-order valence-electron chi connectivity index (χ2n) is 3.31. The third-order valence-corrected chi connectivity index (χ3v) is 2.48. The largest absolute Gasteiger partial charge is 0.492 e. The first-order chi connectivity index (χ1) is 7.69. The van der Waals surface area contributed by atoms with Crippen molar-refractivity contribution in [1.82, 2.24) is 0 Å². The molecule has 0 saturated heterocycles. The van der Waals surface area contributed by atoms with Gasteiger partial charge in [-0.2, -0.15) is 0 Å². The molecule has 0 aliphatic carbocycles. The van der Waals surface area contributed by atoms with Gasteiger partial charge in [0.2, 0.25) is 12.5 Å². The molecule has 86 valence electrons. The van der Waals surface area contributed by atoms with Crippen LogP contribution in [0.15, 0.2) is 6.07 Å². The molecule has 0 bridgehead atoms. The zero-order chi connectivity index (χ0) is 11.7. The Morgan fingerprint density at radius 1 is 1.38 bits per heavy atom. The second kappa shape index (κ2) is 3.92. The summed E-state index contributed by atoms with van der Waals surface area (Å²) in [5.41, 5.74) is 1.10. The van der Waals surface area contributed by atoms with Crippen molar-refractivity contribution < 1.29 is 23.7 Å². The van der Waals surface area contributed by atoms with Crippen LogP contribution in [0.3, 0.4) is 0 Å². The van der Waals surface area contributed by atoms with E-state index in [1.807, 2.05) is 0 Å². The smallest absolute Gasteiger partial charge is 0.338 e. The van der Waals surface area contributed by atoms with Gasteiger partial charge in [0.25, 0.3) is 0 Å². The third kappa shape index (κ3) is 1.44. The summed E-state index contributed by atoms with van der Waals surface area (Å²) in [6.07, 6.45) is 0. The van der Waals surface area contributed by atoms with Gasteiger partial charge in [-0.05, 0) is 13.0 Å². The zero-order valence-corrected chi connectivity index (χ0v) is 9.33. The maximum Gasteiger partial charge on any atom is 0.338 e. The van der Waals surface area contributed by atoms with Gasteiger partial charge in [-0.1, -0.05) is 0 Å². The van der Waals surface area contributed by atoms with Crippen molar-refractivity contribution in [1.29, 1.82) is 0 Å². The Morgan fingerprint density at radius 2 is 2.12 bits per heavy atom. The predicted octanol–water partition coefficient (Wildman–Crippen LogP) is 1.52. The minimum absolute atomic E-state index is 0.135.